The molecular weight excluding hydrogens is 500 g/mol. The second kappa shape index (κ2) is 8.80. The first kappa shape index (κ1) is 26.5. The van der Waals surface area contributed by atoms with E-state index in [2.05, 4.69) is 25.1 Å². The van der Waals surface area contributed by atoms with E-state index in [9.17, 15) is 31.5 Å². The van der Waals surface area contributed by atoms with Gasteiger partial charge in [-0.15, -0.1) is 0 Å². The SMILES string of the molecule is [B]C1([B])NC(=O)N(Cc2cnn3cc(CNC(=O)c4nocc4CC(F)(F)F)nc3c2)C([B])([B])C1(F)F. The maximum atomic E-state index is 14.6. The van der Waals surface area contributed by atoms with E-state index in [0.29, 0.717) is 4.90 Å². The molecule has 0 aliphatic carbocycles. The van der Waals surface area contributed by atoms with E-state index in [-0.39, 0.29) is 23.4 Å². The van der Waals surface area contributed by atoms with Crippen LogP contribution in [0.3, 0.4) is 0 Å². The van der Waals surface area contributed by atoms with E-state index in [0.717, 1.165) is 6.26 Å². The summed E-state index contributed by atoms with van der Waals surface area (Å²) in [7, 11) is 21.6. The van der Waals surface area contributed by atoms with Crippen LogP contribution in [0.2, 0.25) is 0 Å². The first-order valence-corrected chi connectivity index (χ1v) is 10.3. The Labute approximate surface area is 210 Å². The van der Waals surface area contributed by atoms with Crippen molar-refractivity contribution < 1.29 is 36.1 Å². The average molecular weight is 513 g/mol. The fourth-order valence-corrected chi connectivity index (χ4v) is 3.55. The van der Waals surface area contributed by atoms with Gasteiger partial charge in [-0.2, -0.15) is 18.3 Å². The fraction of sp³-hybridized carbons (Fsp3) is 0.389. The molecule has 4 rings (SSSR count). The lowest BCUT2D eigenvalue weighted by Crippen LogP contribution is -2.82. The van der Waals surface area contributed by atoms with Crippen LogP contribution in [-0.4, -0.2) is 90.8 Å². The monoisotopic (exact) mass is 513 g/mol. The quantitative estimate of drug-likeness (QED) is 0.352. The maximum absolute atomic E-state index is 14.6. The Kier molecular flexibility index (Phi) is 6.31. The van der Waals surface area contributed by atoms with Gasteiger partial charge in [0, 0.05) is 22.8 Å². The third kappa shape index (κ3) is 4.90. The van der Waals surface area contributed by atoms with Crippen molar-refractivity contribution in [3.8, 4) is 0 Å². The van der Waals surface area contributed by atoms with Crippen LogP contribution in [0.5, 0.6) is 0 Å². The minimum atomic E-state index is -4.57. The lowest BCUT2D eigenvalue weighted by molar-refractivity contribution is -0.127. The third-order valence-corrected chi connectivity index (χ3v) is 5.47. The molecule has 10 nitrogen and oxygen atoms in total. The largest absolute Gasteiger partial charge is 0.393 e. The Morgan fingerprint density at radius 2 is 1.92 bits per heavy atom. The number of carbonyl (C=O) groups is 2. The maximum Gasteiger partial charge on any atom is 0.393 e. The molecule has 3 aromatic heterocycles. The van der Waals surface area contributed by atoms with Crippen molar-refractivity contribution in [1.82, 2.24) is 35.3 Å². The number of amides is 3. The molecule has 3 aromatic rings. The van der Waals surface area contributed by atoms with Crippen molar-refractivity contribution >= 4 is 49.0 Å². The van der Waals surface area contributed by atoms with Crippen molar-refractivity contribution in [3.05, 3.63) is 47.2 Å². The molecule has 0 unspecified atom stereocenters. The Balaban J connectivity index is 1.47. The van der Waals surface area contributed by atoms with Crippen LogP contribution >= 0.6 is 0 Å². The molecule has 0 spiro atoms. The van der Waals surface area contributed by atoms with Gasteiger partial charge >= 0.3 is 12.2 Å². The number of hydrogen-bond acceptors (Lipinski definition) is 6. The Morgan fingerprint density at radius 3 is 2.59 bits per heavy atom. The summed E-state index contributed by atoms with van der Waals surface area (Å²) in [5, 5.41) is 5.42. The number of alkyl halides is 5. The van der Waals surface area contributed by atoms with Crippen LogP contribution in [0, 0.1) is 0 Å². The number of halogens is 5. The van der Waals surface area contributed by atoms with Gasteiger partial charge in [0.15, 0.2) is 11.3 Å². The normalized spacial score (nSPS) is 18.5. The standard InChI is InChI=1S/C18H12B4F5N7O3/c19-17(20)16(26,27)18(21,22)33(14(36)31-17)5-8-1-11-30-10(6-34(11)29-3-8)4-28-13(35)12-9(7-37-32-12)2-15(23,24)25/h1,3,6-7H,2,4-5H2,(H,28,35)(H,31,36). The van der Waals surface area contributed by atoms with Crippen molar-refractivity contribution in [2.24, 2.45) is 0 Å². The van der Waals surface area contributed by atoms with Gasteiger partial charge in [-0.25, -0.2) is 23.1 Å². The second-order valence-corrected chi connectivity index (χ2v) is 8.35. The van der Waals surface area contributed by atoms with Crippen molar-refractivity contribution in [1.29, 1.82) is 0 Å². The minimum absolute atomic E-state index is 0.178. The van der Waals surface area contributed by atoms with Crippen LogP contribution in [0.15, 0.2) is 29.2 Å². The molecule has 8 radical (unpaired) electrons. The summed E-state index contributed by atoms with van der Waals surface area (Å²) >= 11 is 0. The molecule has 1 fully saturated rings. The van der Waals surface area contributed by atoms with Crippen LogP contribution in [0.25, 0.3) is 5.65 Å². The molecule has 3 amide bonds. The van der Waals surface area contributed by atoms with E-state index in [1.165, 1.54) is 23.0 Å². The van der Waals surface area contributed by atoms with E-state index in [4.69, 9.17) is 31.4 Å². The summed E-state index contributed by atoms with van der Waals surface area (Å²) in [6.45, 7) is -0.749. The summed E-state index contributed by atoms with van der Waals surface area (Å²) in [6.07, 6.45) is -2.61. The summed E-state index contributed by atoms with van der Waals surface area (Å²) in [6, 6.07) is 0.233. The lowest BCUT2D eigenvalue weighted by Gasteiger charge is -2.56. The topological polar surface area (TPSA) is 118 Å². The first-order valence-electron chi connectivity index (χ1n) is 10.3. The first-order chi connectivity index (χ1) is 17.0. The lowest BCUT2D eigenvalue weighted by atomic mass is 9.43. The number of rotatable bonds is 6. The predicted molar refractivity (Wildman–Crippen MR) is 118 cm³/mol. The Morgan fingerprint density at radius 1 is 1.22 bits per heavy atom. The van der Waals surface area contributed by atoms with Gasteiger partial charge in [-0.3, -0.25) is 4.79 Å². The molecule has 4 heterocycles. The molecule has 2 N–H and O–H groups in total. The number of nitrogens with one attached hydrogen (secondary N) is 2. The summed E-state index contributed by atoms with van der Waals surface area (Å²) in [5.41, 5.74) is -0.345. The number of imidazole rings is 1. The highest BCUT2D eigenvalue weighted by atomic mass is 19.4. The van der Waals surface area contributed by atoms with Crippen molar-refractivity contribution in [3.63, 3.8) is 0 Å². The molecule has 0 aromatic carbocycles. The molecule has 1 aliphatic rings. The van der Waals surface area contributed by atoms with Crippen molar-refractivity contribution in [2.45, 2.75) is 42.3 Å². The summed E-state index contributed by atoms with van der Waals surface area (Å²) in [4.78, 5) is 29.2. The predicted octanol–water partition coefficient (Wildman–Crippen LogP) is -0.106. The zero-order valence-electron chi connectivity index (χ0n) is 18.6. The second-order valence-electron chi connectivity index (χ2n) is 8.35. The summed E-state index contributed by atoms with van der Waals surface area (Å²) < 4.78 is 72.9. The van der Waals surface area contributed by atoms with E-state index < -0.39 is 58.9 Å². The van der Waals surface area contributed by atoms with Crippen LogP contribution in [-0.2, 0) is 19.5 Å². The Bertz CT molecular complexity index is 1360. The highest BCUT2D eigenvalue weighted by Gasteiger charge is 2.62. The van der Waals surface area contributed by atoms with Gasteiger partial charge in [0.2, 0.25) is 0 Å². The Hall–Kier alpha value is -3.52. The molecule has 0 saturated carbocycles. The number of nitrogens with zero attached hydrogens (tertiary/aromatic N) is 5. The zero-order valence-corrected chi connectivity index (χ0v) is 18.6. The number of fused-ring (bicyclic) bond motifs is 1. The summed E-state index contributed by atoms with van der Waals surface area (Å²) in [5.74, 6) is -5.07. The van der Waals surface area contributed by atoms with Gasteiger partial charge in [0.05, 0.1) is 62.4 Å². The van der Waals surface area contributed by atoms with Crippen LogP contribution in [0.4, 0.5) is 26.7 Å². The van der Waals surface area contributed by atoms with Gasteiger partial charge < -0.3 is 20.1 Å². The number of hydrogen-bond donors (Lipinski definition) is 2. The third-order valence-electron chi connectivity index (χ3n) is 5.47. The molecule has 1 saturated heterocycles. The molecule has 19 heteroatoms. The molecule has 37 heavy (non-hydrogen) atoms. The number of carbonyl (C=O) groups excluding carboxylic acids is 2. The number of urea groups is 1. The minimum Gasteiger partial charge on any atom is -0.364 e. The van der Waals surface area contributed by atoms with Crippen LogP contribution in [0.1, 0.15) is 27.3 Å². The van der Waals surface area contributed by atoms with E-state index >= 15 is 0 Å². The molecular formula is C18H12B4F5N7O3. The molecule has 0 bridgehead atoms. The average Bonchev–Trinajstić information content (AvgIpc) is 3.39. The molecule has 184 valence electrons. The zero-order chi connectivity index (χ0) is 27.4. The van der Waals surface area contributed by atoms with E-state index in [1.807, 2.05) is 0 Å². The highest BCUT2D eigenvalue weighted by Crippen LogP contribution is 2.40. The van der Waals surface area contributed by atoms with Gasteiger partial charge in [-0.05, 0) is 11.6 Å². The van der Waals surface area contributed by atoms with E-state index in [1.54, 1.807) is 5.32 Å². The van der Waals surface area contributed by atoms with Gasteiger partial charge in [-0.1, -0.05) is 5.16 Å². The smallest absolute Gasteiger partial charge is 0.364 e. The fourth-order valence-electron chi connectivity index (χ4n) is 3.55. The van der Waals surface area contributed by atoms with Crippen LogP contribution < -0.4 is 10.6 Å². The molecule has 1 aliphatic heterocycles. The molecule has 0 atom stereocenters. The van der Waals surface area contributed by atoms with Gasteiger partial charge in [0.25, 0.3) is 11.8 Å². The number of aromatic nitrogens is 4. The van der Waals surface area contributed by atoms with Crippen molar-refractivity contribution in [2.75, 3.05) is 0 Å². The highest BCUT2D eigenvalue weighted by molar-refractivity contribution is 6.48. The van der Waals surface area contributed by atoms with Gasteiger partial charge in [0.1, 0.15) is 6.26 Å².